The highest BCUT2D eigenvalue weighted by Gasteiger charge is 2.11. The Bertz CT molecular complexity index is 902. The molecule has 0 atom stereocenters. The number of rotatable bonds is 6. The van der Waals surface area contributed by atoms with Gasteiger partial charge >= 0.3 is 5.97 Å². The van der Waals surface area contributed by atoms with Gasteiger partial charge in [-0.1, -0.05) is 29.3 Å². The minimum absolute atomic E-state index is 0.129. The largest absolute Gasteiger partial charge is 0.480 e. The number of aliphatic carboxylic acids is 1. The van der Waals surface area contributed by atoms with Crippen molar-refractivity contribution in [3.63, 3.8) is 0 Å². The van der Waals surface area contributed by atoms with Crippen molar-refractivity contribution in [3.05, 3.63) is 63.6 Å². The first-order valence-electron chi connectivity index (χ1n) is 7.22. The number of benzene rings is 2. The van der Waals surface area contributed by atoms with Gasteiger partial charge in [-0.05, 0) is 48.0 Å². The van der Waals surface area contributed by atoms with Gasteiger partial charge in [-0.3, -0.25) is 4.79 Å². The Morgan fingerprint density at radius 2 is 1.88 bits per heavy atom. The Balaban J connectivity index is 2.15. The Labute approximate surface area is 159 Å². The van der Waals surface area contributed by atoms with Crippen molar-refractivity contribution in [1.29, 1.82) is 5.26 Å². The highest BCUT2D eigenvalue weighted by Crippen LogP contribution is 2.26. The van der Waals surface area contributed by atoms with Crippen LogP contribution in [-0.4, -0.2) is 23.6 Å². The zero-order valence-electron chi connectivity index (χ0n) is 13.2. The molecule has 0 aliphatic heterocycles. The van der Waals surface area contributed by atoms with Crippen LogP contribution < -0.4 is 10.1 Å². The van der Waals surface area contributed by atoms with E-state index in [0.29, 0.717) is 16.3 Å². The standard InChI is InChI=1S/C18H12Cl2N2O4/c19-13-2-4-14(5-3-13)22-18(25)12(9-21)7-11-1-6-16(15(20)8-11)26-10-17(23)24/h1-8H,10H2,(H,22,25)(H,23,24)/b12-7+. The Morgan fingerprint density at radius 3 is 2.46 bits per heavy atom. The fourth-order valence-corrected chi connectivity index (χ4v) is 2.28. The Hall–Kier alpha value is -3.01. The predicted octanol–water partition coefficient (Wildman–Crippen LogP) is 4.00. The number of carbonyl (C=O) groups is 2. The SMILES string of the molecule is N#C/C(=C\c1ccc(OCC(=O)O)c(Cl)c1)C(=O)Nc1ccc(Cl)cc1. The highest BCUT2D eigenvalue weighted by atomic mass is 35.5. The molecule has 132 valence electrons. The van der Waals surface area contributed by atoms with E-state index in [-0.39, 0.29) is 16.3 Å². The maximum absolute atomic E-state index is 12.2. The smallest absolute Gasteiger partial charge is 0.341 e. The van der Waals surface area contributed by atoms with E-state index in [2.05, 4.69) is 5.32 Å². The first-order valence-corrected chi connectivity index (χ1v) is 7.97. The molecule has 6 nitrogen and oxygen atoms in total. The van der Waals surface area contributed by atoms with Crippen molar-refractivity contribution in [3.8, 4) is 11.8 Å². The topological polar surface area (TPSA) is 99.4 Å². The van der Waals surface area contributed by atoms with Crippen molar-refractivity contribution in [1.82, 2.24) is 0 Å². The normalized spacial score (nSPS) is 10.7. The van der Waals surface area contributed by atoms with Crippen LogP contribution in [0.1, 0.15) is 5.56 Å². The van der Waals surface area contributed by atoms with Crippen LogP contribution in [0.5, 0.6) is 5.75 Å². The van der Waals surface area contributed by atoms with Crippen LogP contribution in [0.3, 0.4) is 0 Å². The summed E-state index contributed by atoms with van der Waals surface area (Å²) in [7, 11) is 0. The fourth-order valence-electron chi connectivity index (χ4n) is 1.91. The van der Waals surface area contributed by atoms with Gasteiger partial charge < -0.3 is 15.2 Å². The maximum Gasteiger partial charge on any atom is 0.341 e. The summed E-state index contributed by atoms with van der Waals surface area (Å²) in [5, 5.41) is 21.1. The van der Waals surface area contributed by atoms with Crippen LogP contribution in [0.2, 0.25) is 10.0 Å². The molecule has 0 aliphatic rings. The molecule has 0 saturated heterocycles. The lowest BCUT2D eigenvalue weighted by molar-refractivity contribution is -0.139. The molecule has 2 aromatic carbocycles. The summed E-state index contributed by atoms with van der Waals surface area (Å²) in [6, 6.07) is 12.8. The third-order valence-corrected chi connectivity index (χ3v) is 3.63. The van der Waals surface area contributed by atoms with Crippen molar-refractivity contribution in [2.75, 3.05) is 11.9 Å². The number of carboxylic acids is 1. The van der Waals surface area contributed by atoms with Crippen molar-refractivity contribution < 1.29 is 19.4 Å². The second-order valence-electron chi connectivity index (χ2n) is 5.00. The van der Waals surface area contributed by atoms with E-state index in [1.165, 1.54) is 18.2 Å². The fraction of sp³-hybridized carbons (Fsp3) is 0.0556. The summed E-state index contributed by atoms with van der Waals surface area (Å²) in [5.74, 6) is -1.52. The zero-order chi connectivity index (χ0) is 19.1. The van der Waals surface area contributed by atoms with E-state index in [0.717, 1.165) is 0 Å². The minimum atomic E-state index is -1.13. The second-order valence-corrected chi connectivity index (χ2v) is 5.85. The molecule has 0 spiro atoms. The number of carboxylic acid groups (broad SMARTS) is 1. The number of anilines is 1. The lowest BCUT2D eigenvalue weighted by atomic mass is 10.1. The van der Waals surface area contributed by atoms with Crippen LogP contribution in [-0.2, 0) is 9.59 Å². The van der Waals surface area contributed by atoms with E-state index in [1.54, 1.807) is 30.3 Å². The lowest BCUT2D eigenvalue weighted by Crippen LogP contribution is -2.13. The number of halogens is 2. The van der Waals surface area contributed by atoms with Crippen molar-refractivity contribution >= 4 is 46.8 Å². The van der Waals surface area contributed by atoms with Gasteiger partial charge in [-0.15, -0.1) is 0 Å². The summed E-state index contributed by atoms with van der Waals surface area (Å²) < 4.78 is 5.01. The van der Waals surface area contributed by atoms with Crippen LogP contribution in [0.15, 0.2) is 48.0 Å². The number of hydrogen-bond acceptors (Lipinski definition) is 4. The van der Waals surface area contributed by atoms with E-state index < -0.39 is 18.5 Å². The first-order chi connectivity index (χ1) is 12.4. The van der Waals surface area contributed by atoms with Crippen LogP contribution >= 0.6 is 23.2 Å². The van der Waals surface area contributed by atoms with E-state index >= 15 is 0 Å². The number of hydrogen-bond donors (Lipinski definition) is 2. The molecule has 0 heterocycles. The van der Waals surface area contributed by atoms with Crippen LogP contribution in [0.25, 0.3) is 6.08 Å². The number of nitriles is 1. The molecule has 0 fully saturated rings. The van der Waals surface area contributed by atoms with Gasteiger partial charge in [-0.2, -0.15) is 5.26 Å². The van der Waals surface area contributed by atoms with Gasteiger partial charge in [0.2, 0.25) is 0 Å². The van der Waals surface area contributed by atoms with Crippen molar-refractivity contribution in [2.45, 2.75) is 0 Å². The minimum Gasteiger partial charge on any atom is -0.480 e. The second kappa shape index (κ2) is 8.90. The third kappa shape index (κ3) is 5.52. The Kier molecular flexibility index (Phi) is 6.61. The number of ether oxygens (including phenoxy) is 1. The summed E-state index contributed by atoms with van der Waals surface area (Å²) in [5.41, 5.74) is 0.853. The number of amides is 1. The van der Waals surface area contributed by atoms with Crippen LogP contribution in [0.4, 0.5) is 5.69 Å². The summed E-state index contributed by atoms with van der Waals surface area (Å²) in [6.07, 6.45) is 1.36. The molecule has 26 heavy (non-hydrogen) atoms. The molecule has 0 radical (unpaired) electrons. The molecule has 2 rings (SSSR count). The number of nitrogens with one attached hydrogen (secondary N) is 1. The lowest BCUT2D eigenvalue weighted by Gasteiger charge is -2.07. The van der Waals surface area contributed by atoms with Crippen molar-refractivity contribution in [2.24, 2.45) is 0 Å². The van der Waals surface area contributed by atoms with Gasteiger partial charge in [0.25, 0.3) is 5.91 Å². The maximum atomic E-state index is 12.2. The van der Waals surface area contributed by atoms with Gasteiger partial charge in [-0.25, -0.2) is 4.79 Å². The molecule has 2 aromatic rings. The summed E-state index contributed by atoms with van der Waals surface area (Å²) in [6.45, 7) is -0.526. The number of carbonyl (C=O) groups excluding carboxylic acids is 1. The van der Waals surface area contributed by atoms with Gasteiger partial charge in [0.1, 0.15) is 17.4 Å². The zero-order valence-corrected chi connectivity index (χ0v) is 14.7. The van der Waals surface area contributed by atoms with Crippen LogP contribution in [0, 0.1) is 11.3 Å². The third-order valence-electron chi connectivity index (χ3n) is 3.09. The monoisotopic (exact) mass is 390 g/mol. The van der Waals surface area contributed by atoms with Gasteiger partial charge in [0.05, 0.1) is 5.02 Å². The highest BCUT2D eigenvalue weighted by molar-refractivity contribution is 6.32. The molecule has 8 heteroatoms. The Morgan fingerprint density at radius 1 is 1.19 bits per heavy atom. The molecule has 0 aromatic heterocycles. The van der Waals surface area contributed by atoms with E-state index in [9.17, 15) is 14.9 Å². The quantitative estimate of drug-likeness (QED) is 0.573. The first kappa shape index (κ1) is 19.3. The van der Waals surface area contributed by atoms with E-state index in [1.807, 2.05) is 6.07 Å². The molecule has 2 N–H and O–H groups in total. The predicted molar refractivity (Wildman–Crippen MR) is 98.3 cm³/mol. The molecule has 0 bridgehead atoms. The van der Waals surface area contributed by atoms with E-state index in [4.69, 9.17) is 33.0 Å². The summed E-state index contributed by atoms with van der Waals surface area (Å²) in [4.78, 5) is 22.7. The van der Waals surface area contributed by atoms with Gasteiger partial charge in [0.15, 0.2) is 6.61 Å². The molecule has 0 aliphatic carbocycles. The molecule has 0 unspecified atom stereocenters. The average Bonchev–Trinajstić information content (AvgIpc) is 2.60. The molecule has 1 amide bonds. The molecular formula is C18H12Cl2N2O4. The van der Waals surface area contributed by atoms with Gasteiger partial charge in [0, 0.05) is 10.7 Å². The average molecular weight is 391 g/mol. The summed E-state index contributed by atoms with van der Waals surface area (Å²) >= 11 is 11.8. The molecular weight excluding hydrogens is 379 g/mol. The number of nitrogens with zero attached hydrogens (tertiary/aromatic N) is 1. The molecule has 0 saturated carbocycles.